The molecule has 0 bridgehead atoms. The minimum absolute atomic E-state index is 0.576. The number of hydrogen-bond donors (Lipinski definition) is 0. The average molecular weight is 290 g/mol. The predicted octanol–water partition coefficient (Wildman–Crippen LogP) is 2.78. The van der Waals surface area contributed by atoms with E-state index in [2.05, 4.69) is 62.0 Å². The van der Waals surface area contributed by atoms with E-state index in [1.807, 2.05) is 0 Å². The standard InChI is InChI=1S/C18H30N2O/c1-15-7-5-6-8-17(15)13-20-11-12-21-14-18(16(20)2)9-10-19(3)4/h5-8,16,18H,9-14H2,1-4H3/t16-,18+/m0/s1. The van der Waals surface area contributed by atoms with Crippen LogP contribution in [-0.2, 0) is 11.3 Å². The zero-order valence-corrected chi connectivity index (χ0v) is 14.0. The summed E-state index contributed by atoms with van der Waals surface area (Å²) in [6, 6.07) is 9.30. The molecule has 118 valence electrons. The van der Waals surface area contributed by atoms with E-state index in [1.54, 1.807) is 0 Å². The Morgan fingerprint density at radius 1 is 1.29 bits per heavy atom. The molecule has 21 heavy (non-hydrogen) atoms. The second-order valence-corrected chi connectivity index (χ2v) is 6.56. The van der Waals surface area contributed by atoms with Crippen molar-refractivity contribution in [2.75, 3.05) is 40.4 Å². The Balaban J connectivity index is 2.02. The summed E-state index contributed by atoms with van der Waals surface area (Å²) in [5.74, 6) is 0.624. The molecule has 3 heteroatoms. The van der Waals surface area contributed by atoms with Gasteiger partial charge in [0.05, 0.1) is 13.2 Å². The van der Waals surface area contributed by atoms with E-state index in [0.29, 0.717) is 12.0 Å². The molecule has 0 unspecified atom stereocenters. The molecule has 0 aliphatic carbocycles. The molecule has 0 saturated carbocycles. The van der Waals surface area contributed by atoms with Crippen LogP contribution in [0.25, 0.3) is 0 Å². The molecule has 1 fully saturated rings. The van der Waals surface area contributed by atoms with Crippen LogP contribution in [0, 0.1) is 12.8 Å². The number of nitrogens with zero attached hydrogens (tertiary/aromatic N) is 2. The Kier molecular flexibility index (Phi) is 6.22. The third-order valence-electron chi connectivity index (χ3n) is 4.69. The maximum Gasteiger partial charge on any atom is 0.0593 e. The summed E-state index contributed by atoms with van der Waals surface area (Å²) in [7, 11) is 4.29. The molecule has 2 atom stereocenters. The van der Waals surface area contributed by atoms with Gasteiger partial charge in [-0.1, -0.05) is 24.3 Å². The summed E-state index contributed by atoms with van der Waals surface area (Å²) < 4.78 is 5.85. The highest BCUT2D eigenvalue weighted by molar-refractivity contribution is 5.25. The van der Waals surface area contributed by atoms with Crippen LogP contribution in [0.1, 0.15) is 24.5 Å². The Bertz CT molecular complexity index is 433. The van der Waals surface area contributed by atoms with E-state index in [1.165, 1.54) is 17.5 Å². The molecule has 1 aromatic rings. The van der Waals surface area contributed by atoms with Crippen LogP contribution in [0.15, 0.2) is 24.3 Å². The van der Waals surface area contributed by atoms with Gasteiger partial charge in [-0.2, -0.15) is 0 Å². The summed E-state index contributed by atoms with van der Waals surface area (Å²) >= 11 is 0. The van der Waals surface area contributed by atoms with Gasteiger partial charge in [0.15, 0.2) is 0 Å². The first kappa shape index (κ1) is 16.5. The highest BCUT2D eigenvalue weighted by atomic mass is 16.5. The van der Waals surface area contributed by atoms with Gasteiger partial charge in [0.1, 0.15) is 0 Å². The van der Waals surface area contributed by atoms with Gasteiger partial charge in [-0.3, -0.25) is 4.90 Å². The van der Waals surface area contributed by atoms with Crippen LogP contribution >= 0.6 is 0 Å². The van der Waals surface area contributed by atoms with Crippen molar-refractivity contribution in [1.82, 2.24) is 9.80 Å². The highest BCUT2D eigenvalue weighted by Crippen LogP contribution is 2.22. The maximum atomic E-state index is 5.85. The first-order chi connectivity index (χ1) is 10.1. The third kappa shape index (κ3) is 4.80. The minimum atomic E-state index is 0.576. The van der Waals surface area contributed by atoms with E-state index in [4.69, 9.17) is 4.74 Å². The highest BCUT2D eigenvalue weighted by Gasteiger charge is 2.26. The molecule has 0 radical (unpaired) electrons. The molecular formula is C18H30N2O. The second-order valence-electron chi connectivity index (χ2n) is 6.56. The topological polar surface area (TPSA) is 15.7 Å². The zero-order valence-electron chi connectivity index (χ0n) is 14.0. The lowest BCUT2D eigenvalue weighted by Gasteiger charge is -2.32. The number of rotatable bonds is 5. The molecule has 0 aromatic heterocycles. The van der Waals surface area contributed by atoms with E-state index < -0.39 is 0 Å². The lowest BCUT2D eigenvalue weighted by molar-refractivity contribution is 0.110. The van der Waals surface area contributed by atoms with Crippen LogP contribution in [0.2, 0.25) is 0 Å². The largest absolute Gasteiger partial charge is 0.380 e. The molecule has 0 amide bonds. The van der Waals surface area contributed by atoms with E-state index >= 15 is 0 Å². The number of aryl methyl sites for hydroxylation is 1. The summed E-state index contributed by atoms with van der Waals surface area (Å²) in [5.41, 5.74) is 2.83. The van der Waals surface area contributed by atoms with E-state index in [9.17, 15) is 0 Å². The smallest absolute Gasteiger partial charge is 0.0593 e. The Hall–Kier alpha value is -0.900. The van der Waals surface area contributed by atoms with Crippen molar-refractivity contribution in [3.63, 3.8) is 0 Å². The number of ether oxygens (including phenoxy) is 1. The van der Waals surface area contributed by atoms with Crippen LogP contribution in [0.4, 0.5) is 0 Å². The van der Waals surface area contributed by atoms with Crippen molar-refractivity contribution in [2.45, 2.75) is 32.9 Å². The van der Waals surface area contributed by atoms with Crippen LogP contribution in [0.5, 0.6) is 0 Å². The molecule has 1 saturated heterocycles. The molecule has 2 rings (SSSR count). The summed E-state index contributed by atoms with van der Waals surface area (Å²) in [4.78, 5) is 4.86. The molecule has 1 heterocycles. The van der Waals surface area contributed by atoms with Gasteiger partial charge in [0.2, 0.25) is 0 Å². The Morgan fingerprint density at radius 3 is 2.76 bits per heavy atom. The molecule has 1 aliphatic rings. The fourth-order valence-corrected chi connectivity index (χ4v) is 3.04. The lowest BCUT2D eigenvalue weighted by atomic mass is 9.96. The molecule has 1 aromatic carbocycles. The van der Waals surface area contributed by atoms with Crippen molar-refractivity contribution in [3.05, 3.63) is 35.4 Å². The van der Waals surface area contributed by atoms with Crippen LogP contribution in [0.3, 0.4) is 0 Å². The Labute approximate surface area is 129 Å². The summed E-state index contributed by atoms with van der Waals surface area (Å²) in [6.07, 6.45) is 1.21. The fourth-order valence-electron chi connectivity index (χ4n) is 3.04. The molecule has 1 aliphatic heterocycles. The van der Waals surface area contributed by atoms with Crippen molar-refractivity contribution in [2.24, 2.45) is 5.92 Å². The van der Waals surface area contributed by atoms with Crippen LogP contribution in [-0.4, -0.2) is 56.2 Å². The van der Waals surface area contributed by atoms with E-state index in [0.717, 1.165) is 32.8 Å². The van der Waals surface area contributed by atoms with Gasteiger partial charge >= 0.3 is 0 Å². The fraction of sp³-hybridized carbons (Fsp3) is 0.667. The molecule has 0 spiro atoms. The van der Waals surface area contributed by atoms with Gasteiger partial charge in [0, 0.05) is 19.1 Å². The van der Waals surface area contributed by atoms with Gasteiger partial charge in [0.25, 0.3) is 0 Å². The lowest BCUT2D eigenvalue weighted by Crippen LogP contribution is -2.39. The van der Waals surface area contributed by atoms with Crippen molar-refractivity contribution < 1.29 is 4.74 Å². The normalized spacial score (nSPS) is 24.2. The molecular weight excluding hydrogens is 260 g/mol. The van der Waals surface area contributed by atoms with Gasteiger partial charge in [-0.25, -0.2) is 0 Å². The van der Waals surface area contributed by atoms with Crippen molar-refractivity contribution in [3.8, 4) is 0 Å². The van der Waals surface area contributed by atoms with Crippen molar-refractivity contribution in [1.29, 1.82) is 0 Å². The van der Waals surface area contributed by atoms with E-state index in [-0.39, 0.29) is 0 Å². The van der Waals surface area contributed by atoms with Gasteiger partial charge in [-0.05, 0) is 58.0 Å². The monoisotopic (exact) mass is 290 g/mol. The molecule has 0 N–H and O–H groups in total. The van der Waals surface area contributed by atoms with Crippen molar-refractivity contribution >= 4 is 0 Å². The zero-order chi connectivity index (χ0) is 15.2. The quantitative estimate of drug-likeness (QED) is 0.829. The van der Waals surface area contributed by atoms with Gasteiger partial charge < -0.3 is 9.64 Å². The first-order valence-electron chi connectivity index (χ1n) is 8.09. The minimum Gasteiger partial charge on any atom is -0.380 e. The number of benzene rings is 1. The van der Waals surface area contributed by atoms with Crippen LogP contribution < -0.4 is 0 Å². The number of hydrogen-bond acceptors (Lipinski definition) is 3. The maximum absolute atomic E-state index is 5.85. The average Bonchev–Trinajstić information content (AvgIpc) is 2.62. The third-order valence-corrected chi connectivity index (χ3v) is 4.69. The Morgan fingerprint density at radius 2 is 2.05 bits per heavy atom. The molecule has 3 nitrogen and oxygen atoms in total. The predicted molar refractivity (Wildman–Crippen MR) is 88.5 cm³/mol. The summed E-state index contributed by atoms with van der Waals surface area (Å²) in [6.45, 7) is 9.54. The first-order valence-corrected chi connectivity index (χ1v) is 8.09. The second kappa shape index (κ2) is 7.92. The van der Waals surface area contributed by atoms with Gasteiger partial charge in [-0.15, -0.1) is 0 Å². The SMILES string of the molecule is Cc1ccccc1CN1CCOC[C@@H](CCN(C)C)[C@@H]1C. The summed E-state index contributed by atoms with van der Waals surface area (Å²) in [5, 5.41) is 0.